The molecule has 0 saturated heterocycles. The van der Waals surface area contributed by atoms with E-state index in [1.54, 1.807) is 0 Å². The van der Waals surface area contributed by atoms with Crippen molar-refractivity contribution in [2.24, 2.45) is 0 Å². The van der Waals surface area contributed by atoms with Crippen LogP contribution in [0, 0.1) is 0 Å². The molecule has 0 aliphatic carbocycles. The van der Waals surface area contributed by atoms with Crippen molar-refractivity contribution in [3.05, 3.63) is 35.9 Å². The Bertz CT molecular complexity index is 233. The third-order valence-electron chi connectivity index (χ3n) is 1.78. The van der Waals surface area contributed by atoms with Gasteiger partial charge in [0.1, 0.15) is 0 Å². The summed E-state index contributed by atoms with van der Waals surface area (Å²) in [5, 5.41) is 3.02. The molecule has 0 saturated carbocycles. The van der Waals surface area contributed by atoms with Gasteiger partial charge < -0.3 is 5.32 Å². The fourth-order valence-electron chi connectivity index (χ4n) is 1.05. The van der Waals surface area contributed by atoms with Crippen LogP contribution in [-0.2, 0) is 4.79 Å². The molecule has 0 heterocycles. The molecule has 1 radical (unpaired) electrons. The zero-order valence-corrected chi connectivity index (χ0v) is 7.08. The first-order valence-corrected chi connectivity index (χ1v) is 3.98. The van der Waals surface area contributed by atoms with Gasteiger partial charge in [-0.05, 0) is 12.5 Å². The molecule has 0 aliphatic heterocycles. The zero-order chi connectivity index (χ0) is 8.81. The maximum absolute atomic E-state index is 9.95. The number of nitrogens with one attached hydrogen (secondary N) is 1. The maximum Gasteiger partial charge on any atom is 0.213 e. The number of hydrogen-bond acceptors (Lipinski definition) is 2. The largest absolute Gasteiger partial charge is 0.303 e. The minimum absolute atomic E-state index is 0.215. The minimum atomic E-state index is 0.215. The molecule has 1 N–H and O–H groups in total. The fourth-order valence-corrected chi connectivity index (χ4v) is 1.05. The lowest BCUT2D eigenvalue weighted by Crippen LogP contribution is -2.20. The third-order valence-corrected chi connectivity index (χ3v) is 1.78. The van der Waals surface area contributed by atoms with Crippen molar-refractivity contribution in [1.82, 2.24) is 5.32 Å². The van der Waals surface area contributed by atoms with E-state index in [9.17, 15) is 4.79 Å². The van der Waals surface area contributed by atoms with Crippen LogP contribution in [0.3, 0.4) is 0 Å². The SMILES string of the molecule is CC(NC[C]=O)c1ccccc1. The summed E-state index contributed by atoms with van der Waals surface area (Å²) in [5.41, 5.74) is 1.19. The minimum Gasteiger partial charge on any atom is -0.303 e. The molecular weight excluding hydrogens is 150 g/mol. The second-order valence-electron chi connectivity index (χ2n) is 2.66. The number of hydrogen-bond donors (Lipinski definition) is 1. The Morgan fingerprint density at radius 2 is 2.08 bits per heavy atom. The molecule has 0 aliphatic rings. The topological polar surface area (TPSA) is 29.1 Å². The molecule has 0 fully saturated rings. The Hall–Kier alpha value is -1.15. The summed E-state index contributed by atoms with van der Waals surface area (Å²) in [7, 11) is 0. The first-order chi connectivity index (χ1) is 5.84. The van der Waals surface area contributed by atoms with Gasteiger partial charge in [0, 0.05) is 6.04 Å². The smallest absolute Gasteiger partial charge is 0.213 e. The molecule has 1 atom stereocenters. The van der Waals surface area contributed by atoms with E-state index in [2.05, 4.69) is 5.32 Å². The van der Waals surface area contributed by atoms with Crippen LogP contribution in [-0.4, -0.2) is 12.8 Å². The molecule has 1 unspecified atom stereocenters. The second kappa shape index (κ2) is 4.67. The van der Waals surface area contributed by atoms with E-state index < -0.39 is 0 Å². The van der Waals surface area contributed by atoms with Crippen LogP contribution in [0.4, 0.5) is 0 Å². The van der Waals surface area contributed by atoms with Crippen molar-refractivity contribution in [2.45, 2.75) is 13.0 Å². The highest BCUT2D eigenvalue weighted by Gasteiger charge is 2.01. The van der Waals surface area contributed by atoms with Gasteiger partial charge in [-0.1, -0.05) is 30.3 Å². The van der Waals surface area contributed by atoms with Crippen LogP contribution in [0.15, 0.2) is 30.3 Å². The van der Waals surface area contributed by atoms with Gasteiger partial charge in [0.25, 0.3) is 0 Å². The number of rotatable bonds is 4. The molecule has 2 heteroatoms. The Morgan fingerprint density at radius 1 is 1.42 bits per heavy atom. The Kier molecular flexibility index (Phi) is 3.48. The quantitative estimate of drug-likeness (QED) is 0.726. The molecule has 1 aromatic carbocycles. The van der Waals surface area contributed by atoms with E-state index >= 15 is 0 Å². The summed E-state index contributed by atoms with van der Waals surface area (Å²) in [5.74, 6) is 0. The predicted molar refractivity (Wildman–Crippen MR) is 48.6 cm³/mol. The number of carbonyl (C=O) groups excluding carboxylic acids is 1. The predicted octanol–water partition coefficient (Wildman–Crippen LogP) is 1.45. The standard InChI is InChI=1S/C10H12NO/c1-9(11-7-8-12)10-5-3-2-4-6-10/h2-6,9,11H,7H2,1H3. The van der Waals surface area contributed by atoms with Crippen molar-refractivity contribution >= 4 is 6.29 Å². The van der Waals surface area contributed by atoms with Crippen LogP contribution in [0.2, 0.25) is 0 Å². The molecule has 0 bridgehead atoms. The summed E-state index contributed by atoms with van der Waals surface area (Å²) in [6.07, 6.45) is 1.81. The molecular formula is C10H12NO. The second-order valence-corrected chi connectivity index (χ2v) is 2.66. The average Bonchev–Trinajstić information content (AvgIpc) is 2.15. The lowest BCUT2D eigenvalue weighted by Gasteiger charge is -2.10. The van der Waals surface area contributed by atoms with E-state index in [1.165, 1.54) is 5.56 Å². The van der Waals surface area contributed by atoms with Crippen LogP contribution >= 0.6 is 0 Å². The van der Waals surface area contributed by atoms with Crippen molar-refractivity contribution in [3.8, 4) is 0 Å². The highest BCUT2D eigenvalue weighted by Crippen LogP contribution is 2.09. The van der Waals surface area contributed by atoms with Crippen molar-refractivity contribution in [3.63, 3.8) is 0 Å². The molecule has 1 aromatic rings. The van der Waals surface area contributed by atoms with Crippen molar-refractivity contribution < 1.29 is 4.79 Å². The van der Waals surface area contributed by atoms with Crippen LogP contribution < -0.4 is 5.32 Å². The zero-order valence-electron chi connectivity index (χ0n) is 7.08. The highest BCUT2D eigenvalue weighted by atomic mass is 16.1. The molecule has 0 aromatic heterocycles. The van der Waals surface area contributed by atoms with Gasteiger partial charge in [-0.25, -0.2) is 0 Å². The Morgan fingerprint density at radius 3 is 2.67 bits per heavy atom. The number of benzene rings is 1. The van der Waals surface area contributed by atoms with E-state index in [4.69, 9.17) is 0 Å². The summed E-state index contributed by atoms with van der Waals surface area (Å²) in [6.45, 7) is 2.31. The van der Waals surface area contributed by atoms with E-state index in [0.717, 1.165) is 0 Å². The highest BCUT2D eigenvalue weighted by molar-refractivity contribution is 5.53. The normalized spacial score (nSPS) is 12.4. The van der Waals surface area contributed by atoms with Crippen molar-refractivity contribution in [1.29, 1.82) is 0 Å². The monoisotopic (exact) mass is 162 g/mol. The molecule has 0 spiro atoms. The Balaban J connectivity index is 2.53. The van der Waals surface area contributed by atoms with E-state index in [-0.39, 0.29) is 12.6 Å². The lowest BCUT2D eigenvalue weighted by atomic mass is 10.1. The van der Waals surface area contributed by atoms with Gasteiger partial charge in [-0.15, -0.1) is 0 Å². The Labute approximate surface area is 72.6 Å². The van der Waals surface area contributed by atoms with Gasteiger partial charge in [0.15, 0.2) is 0 Å². The van der Waals surface area contributed by atoms with E-state index in [1.807, 2.05) is 43.5 Å². The van der Waals surface area contributed by atoms with Crippen LogP contribution in [0.5, 0.6) is 0 Å². The summed E-state index contributed by atoms with van der Waals surface area (Å²) in [4.78, 5) is 9.95. The lowest BCUT2D eigenvalue weighted by molar-refractivity contribution is 0.537. The van der Waals surface area contributed by atoms with Gasteiger partial charge in [-0.2, -0.15) is 0 Å². The molecule has 1 rings (SSSR count). The molecule has 63 valence electrons. The third kappa shape index (κ3) is 2.47. The van der Waals surface area contributed by atoms with Crippen LogP contribution in [0.25, 0.3) is 0 Å². The maximum atomic E-state index is 9.95. The van der Waals surface area contributed by atoms with Crippen LogP contribution in [0.1, 0.15) is 18.5 Å². The summed E-state index contributed by atoms with van der Waals surface area (Å²) < 4.78 is 0. The average molecular weight is 162 g/mol. The summed E-state index contributed by atoms with van der Waals surface area (Å²) >= 11 is 0. The van der Waals surface area contributed by atoms with Gasteiger partial charge in [-0.3, -0.25) is 4.79 Å². The van der Waals surface area contributed by atoms with E-state index in [0.29, 0.717) is 0 Å². The van der Waals surface area contributed by atoms with Gasteiger partial charge in [0.2, 0.25) is 6.29 Å². The fraction of sp³-hybridized carbons (Fsp3) is 0.300. The molecule has 12 heavy (non-hydrogen) atoms. The van der Waals surface area contributed by atoms with Gasteiger partial charge in [0.05, 0.1) is 6.54 Å². The first-order valence-electron chi connectivity index (χ1n) is 3.98. The van der Waals surface area contributed by atoms with Gasteiger partial charge >= 0.3 is 0 Å². The van der Waals surface area contributed by atoms with Crippen molar-refractivity contribution in [2.75, 3.05) is 6.54 Å². The molecule has 2 nitrogen and oxygen atoms in total. The first kappa shape index (κ1) is 8.94. The molecule has 0 amide bonds. The summed E-state index contributed by atoms with van der Waals surface area (Å²) in [6, 6.07) is 10.2.